The predicted octanol–water partition coefficient (Wildman–Crippen LogP) is 5.13. The van der Waals surface area contributed by atoms with Crippen LogP contribution in [0, 0.1) is 5.92 Å². The quantitative estimate of drug-likeness (QED) is 0.567. The van der Waals surface area contributed by atoms with Gasteiger partial charge in [0, 0.05) is 28.4 Å². The highest BCUT2D eigenvalue weighted by atomic mass is 35.5. The van der Waals surface area contributed by atoms with Gasteiger partial charge in [-0.25, -0.2) is 9.79 Å². The Morgan fingerprint density at radius 1 is 1.10 bits per heavy atom. The molecule has 0 aliphatic carbocycles. The van der Waals surface area contributed by atoms with Gasteiger partial charge in [-0.3, -0.25) is 4.79 Å². The highest BCUT2D eigenvalue weighted by Gasteiger charge is 2.42. The lowest BCUT2D eigenvalue weighted by Crippen LogP contribution is -2.34. The Kier molecular flexibility index (Phi) is 7.26. The third kappa shape index (κ3) is 4.41. The molecule has 1 aromatic carbocycles. The summed E-state index contributed by atoms with van der Waals surface area (Å²) in [4.78, 5) is 30.0. The summed E-state index contributed by atoms with van der Waals surface area (Å²) >= 11 is 6.52. The molecule has 2 aromatic rings. The van der Waals surface area contributed by atoms with E-state index in [-0.39, 0.29) is 12.6 Å². The molecule has 1 aliphatic heterocycles. The summed E-state index contributed by atoms with van der Waals surface area (Å²) in [5, 5.41) is 4.87. The summed E-state index contributed by atoms with van der Waals surface area (Å²) in [5.74, 6) is -1.06. The van der Waals surface area contributed by atoms with Crippen molar-refractivity contribution in [3.8, 4) is 0 Å². The molecule has 0 N–H and O–H groups in total. The molecule has 0 fully saturated rings. The van der Waals surface area contributed by atoms with Gasteiger partial charge in [-0.2, -0.15) is 4.68 Å². The average Bonchev–Trinajstić information content (AvgIpc) is 3.16. The van der Waals surface area contributed by atoms with E-state index in [0.717, 1.165) is 16.7 Å². The first-order valence-corrected chi connectivity index (χ1v) is 10.6. The summed E-state index contributed by atoms with van der Waals surface area (Å²) in [7, 11) is 0. The van der Waals surface area contributed by atoms with Gasteiger partial charge in [0.25, 0.3) is 0 Å². The number of aliphatic imine (C=N–C) groups is 1. The van der Waals surface area contributed by atoms with Crippen LogP contribution in [0.2, 0.25) is 5.02 Å². The van der Waals surface area contributed by atoms with Crippen LogP contribution in [0.1, 0.15) is 57.1 Å². The summed E-state index contributed by atoms with van der Waals surface area (Å²) in [6.07, 6.45) is 3.12. The van der Waals surface area contributed by atoms with Gasteiger partial charge in [-0.05, 0) is 31.4 Å². The molecule has 2 atom stereocenters. The van der Waals surface area contributed by atoms with E-state index in [4.69, 9.17) is 21.1 Å². The molecule has 0 spiro atoms. The van der Waals surface area contributed by atoms with Crippen molar-refractivity contribution < 1.29 is 19.1 Å². The second-order valence-electron chi connectivity index (χ2n) is 7.05. The first-order valence-electron chi connectivity index (χ1n) is 10.3. The Balaban J connectivity index is 2.15. The molecule has 0 saturated carbocycles. The zero-order valence-electron chi connectivity index (χ0n) is 17.4. The first-order chi connectivity index (χ1) is 14.5. The number of fused-ring (bicyclic) bond motifs is 1. The van der Waals surface area contributed by atoms with Crippen molar-refractivity contribution in [3.05, 3.63) is 46.6 Å². The number of hydrogen-bond donors (Lipinski definition) is 0. The summed E-state index contributed by atoms with van der Waals surface area (Å²) < 4.78 is 11.7. The molecule has 30 heavy (non-hydrogen) atoms. The van der Waals surface area contributed by atoms with Gasteiger partial charge >= 0.3 is 12.1 Å². The highest BCUT2D eigenvalue weighted by Crippen LogP contribution is 2.45. The third-order valence-corrected chi connectivity index (χ3v) is 5.25. The summed E-state index contributed by atoms with van der Waals surface area (Å²) in [5.41, 5.74) is 2.10. The van der Waals surface area contributed by atoms with Crippen molar-refractivity contribution >= 4 is 35.2 Å². The van der Waals surface area contributed by atoms with Crippen LogP contribution in [0.3, 0.4) is 0 Å². The third-order valence-electron chi connectivity index (χ3n) is 4.90. The molecule has 2 heterocycles. The highest BCUT2D eigenvalue weighted by molar-refractivity contribution is 6.31. The molecule has 1 aliphatic rings. The van der Waals surface area contributed by atoms with Gasteiger partial charge in [0.1, 0.15) is 5.92 Å². The number of rotatable bonds is 7. The Morgan fingerprint density at radius 3 is 2.53 bits per heavy atom. The minimum atomic E-state index is -0.637. The van der Waals surface area contributed by atoms with E-state index in [0.29, 0.717) is 41.6 Å². The number of carbonyl (C=O) groups is 2. The van der Waals surface area contributed by atoms with Crippen molar-refractivity contribution in [2.24, 2.45) is 10.9 Å². The molecule has 0 amide bonds. The second-order valence-corrected chi connectivity index (χ2v) is 7.46. The summed E-state index contributed by atoms with van der Waals surface area (Å²) in [6, 6.07) is 7.37. The van der Waals surface area contributed by atoms with Crippen LogP contribution in [-0.2, 0) is 14.3 Å². The molecule has 1 aromatic heterocycles. The normalized spacial score (nSPS) is 17.8. The minimum Gasteiger partial charge on any atom is -0.465 e. The number of ether oxygens (including phenoxy) is 2. The predicted molar refractivity (Wildman–Crippen MR) is 115 cm³/mol. The minimum absolute atomic E-state index is 0.263. The molecule has 0 radical (unpaired) electrons. The van der Waals surface area contributed by atoms with Crippen LogP contribution in [0.25, 0.3) is 0 Å². The number of hydrogen-bond acceptors (Lipinski definition) is 6. The molecule has 8 heteroatoms. The molecule has 0 saturated heterocycles. The van der Waals surface area contributed by atoms with E-state index in [1.165, 1.54) is 0 Å². The monoisotopic (exact) mass is 431 g/mol. The van der Waals surface area contributed by atoms with Crippen LogP contribution in [0.15, 0.2) is 35.5 Å². The molecular weight excluding hydrogens is 406 g/mol. The topological polar surface area (TPSA) is 82.8 Å². The van der Waals surface area contributed by atoms with Crippen LogP contribution >= 0.6 is 11.6 Å². The molecular formula is C22H26ClN3O4. The largest absolute Gasteiger partial charge is 0.465 e. The molecule has 3 rings (SSSR count). The zero-order chi connectivity index (χ0) is 21.7. The smallest absolute Gasteiger partial charge is 0.434 e. The van der Waals surface area contributed by atoms with E-state index < -0.39 is 17.9 Å². The molecule has 7 nitrogen and oxygen atoms in total. The van der Waals surface area contributed by atoms with E-state index in [1.54, 1.807) is 19.2 Å². The van der Waals surface area contributed by atoms with E-state index in [1.807, 2.05) is 32.0 Å². The van der Waals surface area contributed by atoms with Crippen molar-refractivity contribution in [1.29, 1.82) is 0 Å². The van der Waals surface area contributed by atoms with Gasteiger partial charge in [-0.1, -0.05) is 50.1 Å². The second kappa shape index (κ2) is 9.89. The van der Waals surface area contributed by atoms with Crippen molar-refractivity contribution in [2.45, 2.75) is 46.0 Å². The Bertz CT molecular complexity index is 954. The standard InChI is InChI=1S/C22H26ClN3O4/c1-4-9-17-19(21(27)29-6-3)18(14-10-7-8-11-16(14)23)15-13-26(25-20(15)24-17)22(28)30-12-5-2/h7-8,10-11,13,18-19H,4-6,9,12H2,1-3H3. The first kappa shape index (κ1) is 22.0. The van der Waals surface area contributed by atoms with Crippen LogP contribution in [0.5, 0.6) is 0 Å². The lowest BCUT2D eigenvalue weighted by Gasteiger charge is -2.30. The van der Waals surface area contributed by atoms with Crippen LogP contribution in [-0.4, -0.2) is 40.8 Å². The Morgan fingerprint density at radius 2 is 1.87 bits per heavy atom. The van der Waals surface area contributed by atoms with Gasteiger partial charge in [0.05, 0.1) is 13.2 Å². The number of esters is 1. The Labute approximate surface area is 181 Å². The van der Waals surface area contributed by atoms with E-state index in [9.17, 15) is 9.59 Å². The van der Waals surface area contributed by atoms with Gasteiger partial charge in [0.15, 0.2) is 5.82 Å². The fourth-order valence-electron chi connectivity index (χ4n) is 3.66. The number of aromatic nitrogens is 2. The lowest BCUT2D eigenvalue weighted by molar-refractivity contribution is -0.146. The van der Waals surface area contributed by atoms with Gasteiger partial charge in [0.2, 0.25) is 0 Å². The maximum Gasteiger partial charge on any atom is 0.434 e. The van der Waals surface area contributed by atoms with Gasteiger partial charge < -0.3 is 9.47 Å². The van der Waals surface area contributed by atoms with Crippen molar-refractivity contribution in [2.75, 3.05) is 13.2 Å². The maximum atomic E-state index is 13.0. The SMILES string of the molecule is CCCOC(=O)n1cc2c(n1)N=C(CCC)C(C(=O)OCC)C2c1ccccc1Cl. The Hall–Kier alpha value is -2.67. The number of nitrogens with zero attached hydrogens (tertiary/aromatic N) is 3. The summed E-state index contributed by atoms with van der Waals surface area (Å²) in [6.45, 7) is 6.27. The average molecular weight is 432 g/mol. The fraction of sp³-hybridized carbons (Fsp3) is 0.455. The van der Waals surface area contributed by atoms with Crippen molar-refractivity contribution in [3.63, 3.8) is 0 Å². The molecule has 0 bridgehead atoms. The van der Waals surface area contributed by atoms with Crippen LogP contribution < -0.4 is 0 Å². The zero-order valence-corrected chi connectivity index (χ0v) is 18.2. The number of carbonyl (C=O) groups excluding carboxylic acids is 2. The van der Waals surface area contributed by atoms with Crippen LogP contribution in [0.4, 0.5) is 10.6 Å². The van der Waals surface area contributed by atoms with E-state index >= 15 is 0 Å². The lowest BCUT2D eigenvalue weighted by atomic mass is 9.76. The number of benzene rings is 1. The van der Waals surface area contributed by atoms with E-state index in [2.05, 4.69) is 10.1 Å². The molecule has 2 unspecified atom stereocenters. The van der Waals surface area contributed by atoms with Gasteiger partial charge in [-0.15, -0.1) is 5.10 Å². The maximum absolute atomic E-state index is 13.0. The molecule has 160 valence electrons. The number of halogens is 1. The van der Waals surface area contributed by atoms with Crippen molar-refractivity contribution in [1.82, 2.24) is 9.78 Å². The fourth-order valence-corrected chi connectivity index (χ4v) is 3.91.